The molecule has 0 aliphatic rings. The van der Waals surface area contributed by atoms with Gasteiger partial charge in [-0.3, -0.25) is 5.43 Å². The minimum atomic E-state index is 0. The zero-order valence-corrected chi connectivity index (χ0v) is 6.72. The molecular weight excluding hydrogens is 183 g/mol. The van der Waals surface area contributed by atoms with Crippen LogP contribution in [0.2, 0.25) is 0 Å². The second-order valence-electron chi connectivity index (χ2n) is 0.891. The molecule has 3 N–H and O–H groups in total. The average Bonchev–Trinajstić information content (AvgIpc) is 2.14. The predicted octanol–water partition coefficient (Wildman–Crippen LogP) is 0.667. The van der Waals surface area contributed by atoms with Gasteiger partial charge in [0.15, 0.2) is 0 Å². The first-order chi connectivity index (χ1) is 3.43. The Labute approximate surface area is 68.8 Å². The molecule has 0 aliphatic heterocycles. The van der Waals surface area contributed by atoms with E-state index in [0.717, 1.165) is 0 Å². The monoisotopic (exact) mass is 188 g/mol. The lowest BCUT2D eigenvalue weighted by Gasteiger charge is -1.82. The number of halogens is 2. The molecule has 54 valence electrons. The lowest BCUT2D eigenvalue weighted by molar-refractivity contribution is 1.26. The van der Waals surface area contributed by atoms with Crippen molar-refractivity contribution in [1.29, 1.82) is 0 Å². The Morgan fingerprint density at radius 1 is 1.56 bits per heavy atom. The molecule has 0 saturated carbocycles. The summed E-state index contributed by atoms with van der Waals surface area (Å²) in [5.74, 6) is 4.95. The number of rotatable bonds is 1. The van der Waals surface area contributed by atoms with Gasteiger partial charge in [0, 0.05) is 11.5 Å². The first kappa shape index (κ1) is 11.7. The third-order valence-corrected chi connectivity index (χ3v) is 1.08. The number of anilines is 1. The Balaban J connectivity index is 0. The highest BCUT2D eigenvalue weighted by Gasteiger charge is 1.85. The van der Waals surface area contributed by atoms with Crippen LogP contribution in [0.1, 0.15) is 0 Å². The van der Waals surface area contributed by atoms with Gasteiger partial charge in [-0.25, -0.2) is 10.8 Å². The summed E-state index contributed by atoms with van der Waals surface area (Å²) in [5.41, 5.74) is 2.35. The summed E-state index contributed by atoms with van der Waals surface area (Å²) in [5, 5.41) is 0.639. The first-order valence-corrected chi connectivity index (χ1v) is 2.44. The van der Waals surface area contributed by atoms with Gasteiger partial charge in [0.2, 0.25) is 5.13 Å². The van der Waals surface area contributed by atoms with Crippen molar-refractivity contribution >= 4 is 41.5 Å². The molecule has 7 heteroatoms. The Hall–Kier alpha value is -0.100. The topological polar surface area (TPSA) is 63.8 Å². The molecular formula is C2H6Cl2N4S. The van der Waals surface area contributed by atoms with Crippen molar-refractivity contribution < 1.29 is 0 Å². The fourth-order valence-electron chi connectivity index (χ4n) is 0.237. The number of hydrazine groups is 1. The number of nitrogens with two attached hydrogens (primary N) is 1. The van der Waals surface area contributed by atoms with E-state index in [1.165, 1.54) is 17.9 Å². The summed E-state index contributed by atoms with van der Waals surface area (Å²) < 4.78 is 3.68. The largest absolute Gasteiger partial charge is 0.299 e. The molecule has 0 bridgehead atoms. The third-order valence-electron chi connectivity index (χ3n) is 0.485. The van der Waals surface area contributed by atoms with E-state index in [2.05, 4.69) is 14.8 Å². The maximum absolute atomic E-state index is 4.95. The van der Waals surface area contributed by atoms with Gasteiger partial charge in [0.25, 0.3) is 0 Å². The van der Waals surface area contributed by atoms with Gasteiger partial charge in [-0.2, -0.15) is 4.37 Å². The van der Waals surface area contributed by atoms with Crippen LogP contribution >= 0.6 is 36.3 Å². The SMILES string of the molecule is Cl.Cl.NNc1ncns1. The molecule has 0 saturated heterocycles. The number of nitrogen functional groups attached to an aromatic ring is 1. The van der Waals surface area contributed by atoms with E-state index >= 15 is 0 Å². The normalized spacial score (nSPS) is 6.78. The van der Waals surface area contributed by atoms with Crippen LogP contribution in [0, 0.1) is 0 Å². The van der Waals surface area contributed by atoms with Crippen LogP contribution in [0.3, 0.4) is 0 Å². The third kappa shape index (κ3) is 3.47. The van der Waals surface area contributed by atoms with Gasteiger partial charge >= 0.3 is 0 Å². The molecule has 0 spiro atoms. The van der Waals surface area contributed by atoms with Gasteiger partial charge < -0.3 is 0 Å². The molecule has 0 radical (unpaired) electrons. The minimum Gasteiger partial charge on any atom is -0.299 e. The van der Waals surface area contributed by atoms with Crippen molar-refractivity contribution in [2.75, 3.05) is 5.43 Å². The Morgan fingerprint density at radius 2 is 2.22 bits per heavy atom. The van der Waals surface area contributed by atoms with Gasteiger partial charge in [-0.05, 0) is 0 Å². The van der Waals surface area contributed by atoms with Crippen molar-refractivity contribution in [3.05, 3.63) is 6.33 Å². The second-order valence-corrected chi connectivity index (χ2v) is 1.67. The van der Waals surface area contributed by atoms with Crippen molar-refractivity contribution in [3.63, 3.8) is 0 Å². The van der Waals surface area contributed by atoms with Gasteiger partial charge in [0.1, 0.15) is 6.33 Å². The fourth-order valence-corrected chi connectivity index (χ4v) is 0.578. The van der Waals surface area contributed by atoms with Crippen molar-refractivity contribution in [2.45, 2.75) is 0 Å². The molecule has 0 aliphatic carbocycles. The van der Waals surface area contributed by atoms with Crippen LogP contribution in [0.4, 0.5) is 5.13 Å². The van der Waals surface area contributed by atoms with Crippen molar-refractivity contribution in [1.82, 2.24) is 9.36 Å². The van der Waals surface area contributed by atoms with Crippen LogP contribution in [0.15, 0.2) is 6.33 Å². The van der Waals surface area contributed by atoms with Gasteiger partial charge in [-0.1, -0.05) is 0 Å². The van der Waals surface area contributed by atoms with E-state index in [1.807, 2.05) is 0 Å². The van der Waals surface area contributed by atoms with Gasteiger partial charge in [0.05, 0.1) is 0 Å². The molecule has 9 heavy (non-hydrogen) atoms. The summed E-state index contributed by atoms with van der Waals surface area (Å²) in [6.45, 7) is 0. The van der Waals surface area contributed by atoms with Crippen molar-refractivity contribution in [3.8, 4) is 0 Å². The molecule has 1 heterocycles. The van der Waals surface area contributed by atoms with E-state index in [-0.39, 0.29) is 24.8 Å². The highest BCUT2D eigenvalue weighted by atomic mass is 35.5. The standard InChI is InChI=1S/C2H4N4S.2ClH/c3-6-2-4-1-5-7-2;;/h1H,3H2,(H,4,5,6);2*1H. The average molecular weight is 189 g/mol. The highest BCUT2D eigenvalue weighted by Crippen LogP contribution is 2.01. The van der Waals surface area contributed by atoms with E-state index in [9.17, 15) is 0 Å². The van der Waals surface area contributed by atoms with Crippen molar-refractivity contribution in [2.24, 2.45) is 5.84 Å². The predicted molar refractivity (Wildman–Crippen MR) is 42.2 cm³/mol. The van der Waals surface area contributed by atoms with Crippen LogP contribution in [0.5, 0.6) is 0 Å². The molecule has 1 aromatic heterocycles. The maximum Gasteiger partial charge on any atom is 0.216 e. The molecule has 0 amide bonds. The summed E-state index contributed by atoms with van der Waals surface area (Å²) in [7, 11) is 0. The molecule has 0 aromatic carbocycles. The quantitative estimate of drug-likeness (QED) is 0.503. The van der Waals surface area contributed by atoms with E-state index in [1.54, 1.807) is 0 Å². The smallest absolute Gasteiger partial charge is 0.216 e. The van der Waals surface area contributed by atoms with Crippen LogP contribution in [-0.2, 0) is 0 Å². The summed E-state index contributed by atoms with van der Waals surface area (Å²) in [6, 6.07) is 0. The molecule has 0 fully saturated rings. The molecule has 1 aromatic rings. The maximum atomic E-state index is 4.95. The number of hydrogen-bond acceptors (Lipinski definition) is 5. The lowest BCUT2D eigenvalue weighted by Crippen LogP contribution is -2.05. The molecule has 1 rings (SSSR count). The summed E-state index contributed by atoms with van der Waals surface area (Å²) in [6.07, 6.45) is 1.44. The van der Waals surface area contributed by atoms with E-state index < -0.39 is 0 Å². The molecule has 0 unspecified atom stereocenters. The summed E-state index contributed by atoms with van der Waals surface area (Å²) in [4.78, 5) is 3.71. The van der Waals surface area contributed by atoms with E-state index in [4.69, 9.17) is 5.84 Å². The number of nitrogens with one attached hydrogen (secondary N) is 1. The number of hydrogen-bond donors (Lipinski definition) is 2. The van der Waals surface area contributed by atoms with Crippen LogP contribution < -0.4 is 11.3 Å². The Morgan fingerprint density at radius 3 is 2.44 bits per heavy atom. The second kappa shape index (κ2) is 6.03. The molecule has 0 atom stereocenters. The summed E-state index contributed by atoms with van der Waals surface area (Å²) >= 11 is 1.23. The first-order valence-electron chi connectivity index (χ1n) is 1.67. The molecule has 4 nitrogen and oxygen atoms in total. The fraction of sp³-hybridized carbons (Fsp3) is 0. The number of nitrogens with zero attached hydrogens (tertiary/aromatic N) is 2. The lowest BCUT2D eigenvalue weighted by atomic mass is 11.2. The van der Waals surface area contributed by atoms with E-state index in [0.29, 0.717) is 5.13 Å². The minimum absolute atomic E-state index is 0. The number of aromatic nitrogens is 2. The highest BCUT2D eigenvalue weighted by molar-refractivity contribution is 7.09. The van der Waals surface area contributed by atoms with Gasteiger partial charge in [-0.15, -0.1) is 24.8 Å². The zero-order chi connectivity index (χ0) is 5.11. The van der Waals surface area contributed by atoms with Crippen LogP contribution in [0.25, 0.3) is 0 Å². The Kier molecular flexibility index (Phi) is 7.81. The zero-order valence-electron chi connectivity index (χ0n) is 4.27. The van der Waals surface area contributed by atoms with Crippen LogP contribution in [-0.4, -0.2) is 9.36 Å². The Bertz CT molecular complexity index is 131.